The zero-order valence-corrected chi connectivity index (χ0v) is 5.29. The van der Waals surface area contributed by atoms with Gasteiger partial charge in [-0.25, -0.2) is 5.84 Å². The minimum atomic E-state index is -0.824. The molecular formula is C4H9N5O. The SMILES string of the molecule is N#CC(CNN)C(=O)NN. The Bertz CT molecular complexity index is 150. The largest absolute Gasteiger partial charge is 0.293 e. The van der Waals surface area contributed by atoms with Crippen LogP contribution in [-0.2, 0) is 4.79 Å². The first kappa shape index (κ1) is 8.84. The fourth-order valence-electron chi connectivity index (χ4n) is 0.415. The Hall–Kier alpha value is -1.16. The average Bonchev–Trinajstić information content (AvgIpc) is 1.99. The molecular weight excluding hydrogens is 134 g/mol. The first-order valence-corrected chi connectivity index (χ1v) is 2.59. The molecule has 0 aliphatic carbocycles. The van der Waals surface area contributed by atoms with Crippen molar-refractivity contribution in [3.05, 3.63) is 0 Å². The summed E-state index contributed by atoms with van der Waals surface area (Å²) < 4.78 is 0. The number of nitriles is 1. The maximum Gasteiger partial charge on any atom is 0.252 e. The lowest BCUT2D eigenvalue weighted by molar-refractivity contribution is -0.123. The standard InChI is InChI=1S/C4H9N5O/c5-1-3(2-8-6)4(10)9-7/h3,8H,2,6-7H2,(H,9,10). The molecule has 1 amide bonds. The van der Waals surface area contributed by atoms with Gasteiger partial charge in [0.25, 0.3) is 5.91 Å². The highest BCUT2D eigenvalue weighted by Gasteiger charge is 2.14. The van der Waals surface area contributed by atoms with Gasteiger partial charge in [0.15, 0.2) is 0 Å². The van der Waals surface area contributed by atoms with E-state index in [4.69, 9.17) is 16.9 Å². The van der Waals surface area contributed by atoms with Crippen LogP contribution < -0.4 is 22.5 Å². The number of nitrogens with one attached hydrogen (secondary N) is 2. The van der Waals surface area contributed by atoms with E-state index < -0.39 is 11.8 Å². The minimum Gasteiger partial charge on any atom is -0.293 e. The van der Waals surface area contributed by atoms with Crippen molar-refractivity contribution in [2.24, 2.45) is 17.6 Å². The molecule has 10 heavy (non-hydrogen) atoms. The molecule has 0 aromatic rings. The van der Waals surface area contributed by atoms with Crippen molar-refractivity contribution in [3.8, 4) is 6.07 Å². The smallest absolute Gasteiger partial charge is 0.252 e. The summed E-state index contributed by atoms with van der Waals surface area (Å²) in [6, 6.07) is 1.72. The van der Waals surface area contributed by atoms with Gasteiger partial charge in [0.05, 0.1) is 6.07 Å². The van der Waals surface area contributed by atoms with Crippen molar-refractivity contribution in [1.29, 1.82) is 5.26 Å². The lowest BCUT2D eigenvalue weighted by atomic mass is 10.2. The van der Waals surface area contributed by atoms with Crippen LogP contribution in [0.2, 0.25) is 0 Å². The number of amides is 1. The van der Waals surface area contributed by atoms with Gasteiger partial charge in [-0.1, -0.05) is 0 Å². The predicted molar refractivity (Wildman–Crippen MR) is 33.6 cm³/mol. The van der Waals surface area contributed by atoms with Gasteiger partial charge in [-0.05, 0) is 0 Å². The molecule has 1 atom stereocenters. The van der Waals surface area contributed by atoms with Gasteiger partial charge < -0.3 is 0 Å². The first-order chi connectivity index (χ1) is 4.76. The summed E-state index contributed by atoms with van der Waals surface area (Å²) in [7, 11) is 0. The number of nitrogens with two attached hydrogens (primary N) is 2. The van der Waals surface area contributed by atoms with Gasteiger partial charge in [0.1, 0.15) is 5.92 Å². The second-order valence-corrected chi connectivity index (χ2v) is 1.60. The molecule has 0 rings (SSSR count). The number of hydrazine groups is 2. The van der Waals surface area contributed by atoms with E-state index in [2.05, 4.69) is 5.43 Å². The highest BCUT2D eigenvalue weighted by atomic mass is 16.2. The lowest BCUT2D eigenvalue weighted by Crippen LogP contribution is -2.41. The zero-order valence-electron chi connectivity index (χ0n) is 5.29. The van der Waals surface area contributed by atoms with Crippen LogP contribution >= 0.6 is 0 Å². The van der Waals surface area contributed by atoms with Crippen molar-refractivity contribution in [1.82, 2.24) is 10.9 Å². The summed E-state index contributed by atoms with van der Waals surface area (Å²) >= 11 is 0. The van der Waals surface area contributed by atoms with Gasteiger partial charge in [-0.15, -0.1) is 0 Å². The Morgan fingerprint density at radius 3 is 2.60 bits per heavy atom. The fraction of sp³-hybridized carbons (Fsp3) is 0.500. The quantitative estimate of drug-likeness (QED) is 0.199. The Labute approximate surface area is 58.1 Å². The molecule has 0 heterocycles. The van der Waals surface area contributed by atoms with Crippen LogP contribution in [0.1, 0.15) is 0 Å². The van der Waals surface area contributed by atoms with E-state index in [-0.39, 0.29) is 6.54 Å². The molecule has 0 aliphatic rings. The van der Waals surface area contributed by atoms with Gasteiger partial charge >= 0.3 is 0 Å². The monoisotopic (exact) mass is 143 g/mol. The lowest BCUT2D eigenvalue weighted by Gasteiger charge is -2.04. The molecule has 0 aromatic carbocycles. The summed E-state index contributed by atoms with van der Waals surface area (Å²) in [6.45, 7) is 0.0968. The zero-order chi connectivity index (χ0) is 7.98. The van der Waals surface area contributed by atoms with Crippen molar-refractivity contribution >= 4 is 5.91 Å². The van der Waals surface area contributed by atoms with Crippen LogP contribution in [-0.4, -0.2) is 12.5 Å². The Balaban J connectivity index is 3.84. The number of carbonyl (C=O) groups is 1. The van der Waals surface area contributed by atoms with E-state index in [1.807, 2.05) is 5.43 Å². The van der Waals surface area contributed by atoms with E-state index in [1.165, 1.54) is 0 Å². The van der Waals surface area contributed by atoms with Gasteiger partial charge in [0.2, 0.25) is 0 Å². The summed E-state index contributed by atoms with van der Waals surface area (Å²) in [4.78, 5) is 10.6. The molecule has 0 saturated carbocycles. The van der Waals surface area contributed by atoms with Gasteiger partial charge in [0, 0.05) is 6.54 Å². The van der Waals surface area contributed by atoms with Crippen LogP contribution in [0.15, 0.2) is 0 Å². The van der Waals surface area contributed by atoms with Crippen LogP contribution in [0, 0.1) is 17.2 Å². The molecule has 0 spiro atoms. The highest BCUT2D eigenvalue weighted by molar-refractivity contribution is 5.80. The summed E-state index contributed by atoms with van der Waals surface area (Å²) in [5.41, 5.74) is 4.04. The number of hydrogen-bond acceptors (Lipinski definition) is 5. The molecule has 6 heteroatoms. The van der Waals surface area contributed by atoms with Crippen LogP contribution in [0.4, 0.5) is 0 Å². The van der Waals surface area contributed by atoms with Crippen LogP contribution in [0.5, 0.6) is 0 Å². The minimum absolute atomic E-state index is 0.0968. The maximum atomic E-state index is 10.6. The van der Waals surface area contributed by atoms with E-state index in [0.29, 0.717) is 0 Å². The second kappa shape index (κ2) is 4.69. The van der Waals surface area contributed by atoms with Crippen LogP contribution in [0.3, 0.4) is 0 Å². The molecule has 0 saturated heterocycles. The fourth-order valence-corrected chi connectivity index (χ4v) is 0.415. The van der Waals surface area contributed by atoms with E-state index in [0.717, 1.165) is 0 Å². The molecule has 6 nitrogen and oxygen atoms in total. The predicted octanol–water partition coefficient (Wildman–Crippen LogP) is -2.42. The molecule has 0 fully saturated rings. The first-order valence-electron chi connectivity index (χ1n) is 2.59. The molecule has 6 N–H and O–H groups in total. The Morgan fingerprint density at radius 2 is 2.30 bits per heavy atom. The molecule has 56 valence electrons. The molecule has 0 aromatic heterocycles. The summed E-state index contributed by atoms with van der Waals surface area (Å²) in [5.74, 6) is 8.27. The summed E-state index contributed by atoms with van der Waals surface area (Å²) in [5, 5.41) is 8.30. The Kier molecular flexibility index (Phi) is 4.15. The van der Waals surface area contributed by atoms with Gasteiger partial charge in [-0.3, -0.25) is 21.5 Å². The summed E-state index contributed by atoms with van der Waals surface area (Å²) in [6.07, 6.45) is 0. The molecule has 0 bridgehead atoms. The van der Waals surface area contributed by atoms with E-state index in [1.54, 1.807) is 6.07 Å². The number of carbonyl (C=O) groups excluding carboxylic acids is 1. The third kappa shape index (κ3) is 2.41. The topological polar surface area (TPSA) is 117 Å². The number of nitrogens with zero attached hydrogens (tertiary/aromatic N) is 1. The normalized spacial score (nSPS) is 11.7. The second-order valence-electron chi connectivity index (χ2n) is 1.60. The molecule has 0 radical (unpaired) electrons. The number of hydrogen-bond donors (Lipinski definition) is 4. The van der Waals surface area contributed by atoms with Crippen molar-refractivity contribution in [2.75, 3.05) is 6.54 Å². The van der Waals surface area contributed by atoms with Crippen molar-refractivity contribution < 1.29 is 4.79 Å². The van der Waals surface area contributed by atoms with E-state index in [9.17, 15) is 4.79 Å². The average molecular weight is 143 g/mol. The van der Waals surface area contributed by atoms with E-state index >= 15 is 0 Å². The highest BCUT2D eigenvalue weighted by Crippen LogP contribution is 1.88. The number of rotatable bonds is 3. The molecule has 1 unspecified atom stereocenters. The third-order valence-corrected chi connectivity index (χ3v) is 0.937. The van der Waals surface area contributed by atoms with Crippen LogP contribution in [0.25, 0.3) is 0 Å². The van der Waals surface area contributed by atoms with Crippen molar-refractivity contribution in [3.63, 3.8) is 0 Å². The Morgan fingerprint density at radius 1 is 1.70 bits per heavy atom. The third-order valence-electron chi connectivity index (χ3n) is 0.937. The van der Waals surface area contributed by atoms with Crippen molar-refractivity contribution in [2.45, 2.75) is 0 Å². The maximum absolute atomic E-state index is 10.6. The molecule has 0 aliphatic heterocycles. The van der Waals surface area contributed by atoms with Gasteiger partial charge in [-0.2, -0.15) is 5.26 Å².